The van der Waals surface area contributed by atoms with Crippen LogP contribution < -0.4 is 0 Å². The van der Waals surface area contributed by atoms with Crippen LogP contribution in [0.5, 0.6) is 0 Å². The standard InChI is InChI=1S/C31H36O5/c1-21-25-18-28(33)31(20-36-29(34)23-11-7-4-8-12-23)16-13-24(32)17-27(31)30(25,2)15-14-26(21)35-19-22-9-5-3-6-10-22/h3-13,16,21,25-28,33H,14-15,17-20H2,1-2H3/t21-,25-,26-,27-,28+,30-,31+/m0/s1. The molecule has 0 radical (unpaired) electrons. The predicted molar refractivity (Wildman–Crippen MR) is 137 cm³/mol. The molecular weight excluding hydrogens is 452 g/mol. The molecule has 7 atom stereocenters. The number of aliphatic hydroxyl groups is 1. The summed E-state index contributed by atoms with van der Waals surface area (Å²) in [5.41, 5.74) is 0.718. The largest absolute Gasteiger partial charge is 0.461 e. The Bertz CT molecular complexity index is 1110. The first kappa shape index (κ1) is 24.9. The van der Waals surface area contributed by atoms with Crippen molar-refractivity contribution in [1.29, 1.82) is 0 Å². The summed E-state index contributed by atoms with van der Waals surface area (Å²) in [6.45, 7) is 5.15. The summed E-state index contributed by atoms with van der Waals surface area (Å²) < 4.78 is 12.2. The highest BCUT2D eigenvalue weighted by atomic mass is 16.5. The number of ether oxygens (including phenoxy) is 2. The molecule has 0 saturated heterocycles. The molecule has 0 bridgehead atoms. The van der Waals surface area contributed by atoms with Crippen LogP contribution in [-0.2, 0) is 20.9 Å². The Labute approximate surface area is 213 Å². The fraction of sp³-hybridized carbons (Fsp3) is 0.484. The molecule has 0 unspecified atom stereocenters. The van der Waals surface area contributed by atoms with Crippen LogP contribution in [0.4, 0.5) is 0 Å². The number of carbonyl (C=O) groups is 2. The van der Waals surface area contributed by atoms with Gasteiger partial charge in [-0.1, -0.05) is 68.5 Å². The quantitative estimate of drug-likeness (QED) is 0.553. The third-order valence-electron chi connectivity index (χ3n) is 9.33. The number of ketones is 1. The summed E-state index contributed by atoms with van der Waals surface area (Å²) in [5.74, 6) is 0.0312. The van der Waals surface area contributed by atoms with Crippen LogP contribution in [0.1, 0.15) is 55.5 Å². The summed E-state index contributed by atoms with van der Waals surface area (Å²) in [5, 5.41) is 11.6. The summed E-state index contributed by atoms with van der Waals surface area (Å²) in [6.07, 6.45) is 5.61. The molecule has 2 saturated carbocycles. The van der Waals surface area contributed by atoms with Gasteiger partial charge in [-0.05, 0) is 66.2 Å². The van der Waals surface area contributed by atoms with Gasteiger partial charge in [0.05, 0.1) is 29.8 Å². The minimum Gasteiger partial charge on any atom is -0.461 e. The normalized spacial score (nSPS) is 35.5. The zero-order chi connectivity index (χ0) is 25.3. The van der Waals surface area contributed by atoms with Crippen molar-refractivity contribution in [2.75, 3.05) is 6.61 Å². The number of allylic oxidation sites excluding steroid dienone is 1. The highest BCUT2D eigenvalue weighted by molar-refractivity contribution is 5.91. The molecule has 3 aliphatic rings. The molecule has 36 heavy (non-hydrogen) atoms. The van der Waals surface area contributed by atoms with Crippen LogP contribution in [0.15, 0.2) is 72.8 Å². The number of hydrogen-bond donors (Lipinski definition) is 1. The van der Waals surface area contributed by atoms with E-state index in [1.165, 1.54) is 0 Å². The van der Waals surface area contributed by atoms with Crippen LogP contribution in [0.25, 0.3) is 0 Å². The first-order valence-electron chi connectivity index (χ1n) is 13.1. The van der Waals surface area contributed by atoms with Gasteiger partial charge in [-0.15, -0.1) is 0 Å². The number of fused-ring (bicyclic) bond motifs is 3. The molecule has 0 aliphatic heterocycles. The Hall–Kier alpha value is -2.76. The molecule has 2 aromatic rings. The van der Waals surface area contributed by atoms with E-state index < -0.39 is 17.5 Å². The molecule has 190 valence electrons. The third-order valence-corrected chi connectivity index (χ3v) is 9.33. The van der Waals surface area contributed by atoms with Gasteiger partial charge in [-0.25, -0.2) is 4.79 Å². The first-order chi connectivity index (χ1) is 17.3. The van der Waals surface area contributed by atoms with Gasteiger partial charge in [0, 0.05) is 6.42 Å². The first-order valence-corrected chi connectivity index (χ1v) is 13.1. The van der Waals surface area contributed by atoms with Gasteiger partial charge in [0.1, 0.15) is 6.61 Å². The fourth-order valence-electron chi connectivity index (χ4n) is 7.26. The van der Waals surface area contributed by atoms with Crippen LogP contribution >= 0.6 is 0 Å². The smallest absolute Gasteiger partial charge is 0.338 e. The second-order valence-corrected chi connectivity index (χ2v) is 11.2. The maximum atomic E-state index is 12.8. The molecule has 5 heteroatoms. The number of esters is 1. The second kappa shape index (κ2) is 9.95. The van der Waals surface area contributed by atoms with Crippen molar-refractivity contribution >= 4 is 11.8 Å². The van der Waals surface area contributed by atoms with E-state index in [1.54, 1.807) is 30.3 Å². The van der Waals surface area contributed by atoms with Gasteiger partial charge >= 0.3 is 5.97 Å². The number of hydrogen-bond acceptors (Lipinski definition) is 5. The lowest BCUT2D eigenvalue weighted by Gasteiger charge is -2.63. The molecule has 0 aromatic heterocycles. The lowest BCUT2D eigenvalue weighted by molar-refractivity contribution is -0.193. The highest BCUT2D eigenvalue weighted by Crippen LogP contribution is 2.63. The molecular formula is C31H36O5. The van der Waals surface area contributed by atoms with Crippen molar-refractivity contribution in [2.24, 2.45) is 28.6 Å². The monoisotopic (exact) mass is 488 g/mol. The Morgan fingerprint density at radius 1 is 1.08 bits per heavy atom. The molecule has 2 aromatic carbocycles. The molecule has 5 rings (SSSR count). The second-order valence-electron chi connectivity index (χ2n) is 11.2. The van der Waals surface area contributed by atoms with Gasteiger partial charge in [0.2, 0.25) is 0 Å². The summed E-state index contributed by atoms with van der Waals surface area (Å²) in [7, 11) is 0. The van der Waals surface area contributed by atoms with Crippen LogP contribution in [0.2, 0.25) is 0 Å². The molecule has 3 aliphatic carbocycles. The average Bonchev–Trinajstić information content (AvgIpc) is 2.90. The zero-order valence-corrected chi connectivity index (χ0v) is 21.1. The van der Waals surface area contributed by atoms with Crippen molar-refractivity contribution in [3.63, 3.8) is 0 Å². The number of carbonyl (C=O) groups excluding carboxylic acids is 2. The SMILES string of the molecule is C[C@@H]1[C@@H](OCc2ccccc2)CC[C@@]2(C)[C@H]1C[C@@H](O)[C@@]1(COC(=O)c3ccccc3)C=CC(=O)C[C@@H]21. The van der Waals surface area contributed by atoms with Crippen LogP contribution in [0, 0.1) is 28.6 Å². The van der Waals surface area contributed by atoms with Gasteiger partial charge in [-0.3, -0.25) is 4.79 Å². The van der Waals surface area contributed by atoms with Crippen molar-refractivity contribution in [3.8, 4) is 0 Å². The Morgan fingerprint density at radius 3 is 2.50 bits per heavy atom. The lowest BCUT2D eigenvalue weighted by Crippen LogP contribution is -2.63. The molecule has 5 nitrogen and oxygen atoms in total. The summed E-state index contributed by atoms with van der Waals surface area (Å²) in [4.78, 5) is 25.4. The Morgan fingerprint density at radius 2 is 1.78 bits per heavy atom. The van der Waals surface area contributed by atoms with Gasteiger partial charge in [0.25, 0.3) is 0 Å². The van der Waals surface area contributed by atoms with E-state index in [0.29, 0.717) is 25.0 Å². The fourth-order valence-corrected chi connectivity index (χ4v) is 7.26. The van der Waals surface area contributed by atoms with Gasteiger partial charge < -0.3 is 14.6 Å². The minimum atomic E-state index is -0.763. The molecule has 0 amide bonds. The van der Waals surface area contributed by atoms with Gasteiger partial charge in [0.15, 0.2) is 5.78 Å². The predicted octanol–water partition coefficient (Wildman–Crippen LogP) is 5.38. The van der Waals surface area contributed by atoms with E-state index in [9.17, 15) is 14.7 Å². The third kappa shape index (κ3) is 4.44. The number of aliphatic hydroxyl groups excluding tert-OH is 1. The lowest BCUT2D eigenvalue weighted by atomic mass is 9.43. The van der Waals surface area contributed by atoms with Gasteiger partial charge in [-0.2, -0.15) is 0 Å². The van der Waals surface area contributed by atoms with Crippen molar-refractivity contribution in [3.05, 3.63) is 83.9 Å². The maximum Gasteiger partial charge on any atom is 0.338 e. The Kier molecular flexibility index (Phi) is 6.88. The van der Waals surface area contributed by atoms with E-state index >= 15 is 0 Å². The average molecular weight is 489 g/mol. The topological polar surface area (TPSA) is 72.8 Å². The van der Waals surface area contributed by atoms with Crippen LogP contribution in [0.3, 0.4) is 0 Å². The highest BCUT2D eigenvalue weighted by Gasteiger charge is 2.63. The molecule has 2 fully saturated rings. The Balaban J connectivity index is 1.36. The van der Waals surface area contributed by atoms with E-state index in [-0.39, 0.29) is 41.7 Å². The molecule has 0 spiro atoms. The molecule has 0 heterocycles. The summed E-state index contributed by atoms with van der Waals surface area (Å²) >= 11 is 0. The minimum absolute atomic E-state index is 0.0704. The van der Waals surface area contributed by atoms with E-state index in [4.69, 9.17) is 9.47 Å². The van der Waals surface area contributed by atoms with Crippen molar-refractivity contribution in [2.45, 2.75) is 58.3 Å². The van der Waals surface area contributed by atoms with Crippen LogP contribution in [-0.4, -0.2) is 35.7 Å². The van der Waals surface area contributed by atoms with E-state index in [0.717, 1.165) is 18.4 Å². The number of rotatable bonds is 6. The van der Waals surface area contributed by atoms with Crippen molar-refractivity contribution in [1.82, 2.24) is 0 Å². The summed E-state index contributed by atoms with van der Waals surface area (Å²) in [6, 6.07) is 19.1. The zero-order valence-electron chi connectivity index (χ0n) is 21.1. The maximum absolute atomic E-state index is 12.8. The van der Waals surface area contributed by atoms with Crippen molar-refractivity contribution < 1.29 is 24.2 Å². The number of benzene rings is 2. The molecule has 1 N–H and O–H groups in total. The van der Waals surface area contributed by atoms with E-state index in [2.05, 4.69) is 26.0 Å². The van der Waals surface area contributed by atoms with E-state index in [1.807, 2.05) is 30.3 Å².